The van der Waals surface area contributed by atoms with Crippen LogP contribution in [0.3, 0.4) is 0 Å². The quantitative estimate of drug-likeness (QED) is 0.209. The van der Waals surface area contributed by atoms with Crippen LogP contribution in [0, 0.1) is 0 Å². The molecule has 4 nitrogen and oxygen atoms in total. The van der Waals surface area contributed by atoms with E-state index < -0.39 is 0 Å². The molecule has 0 aliphatic carbocycles. The highest BCUT2D eigenvalue weighted by Gasteiger charge is 2.22. The van der Waals surface area contributed by atoms with Crippen LogP contribution in [0.25, 0.3) is 92.0 Å². The maximum Gasteiger partial charge on any atom is 0.163 e. The van der Waals surface area contributed by atoms with E-state index >= 15 is 0 Å². The molecule has 0 amide bonds. The average Bonchev–Trinajstić information content (AvgIpc) is 3.73. The van der Waals surface area contributed by atoms with Gasteiger partial charge in [0.15, 0.2) is 11.6 Å². The van der Waals surface area contributed by atoms with E-state index in [2.05, 4.69) is 108 Å². The van der Waals surface area contributed by atoms with Crippen LogP contribution in [0.5, 0.6) is 0 Å². The Bertz CT molecular complexity index is 2750. The van der Waals surface area contributed by atoms with E-state index in [1.165, 1.54) is 26.2 Å². The number of benzene rings is 6. The molecule has 0 saturated carbocycles. The summed E-state index contributed by atoms with van der Waals surface area (Å²) in [6.45, 7) is 0. The van der Waals surface area contributed by atoms with E-state index in [4.69, 9.17) is 14.4 Å². The van der Waals surface area contributed by atoms with E-state index in [1.807, 2.05) is 24.3 Å². The largest absolute Gasteiger partial charge is 0.456 e. The van der Waals surface area contributed by atoms with Crippen LogP contribution in [0.2, 0.25) is 0 Å². The van der Waals surface area contributed by atoms with Crippen LogP contribution < -0.4 is 0 Å². The second-order valence-corrected chi connectivity index (χ2v) is 12.0. The zero-order valence-corrected chi connectivity index (χ0v) is 23.6. The summed E-state index contributed by atoms with van der Waals surface area (Å²) in [6, 6.07) is 44.7. The first-order chi connectivity index (χ1) is 21.3. The second-order valence-electron chi connectivity index (χ2n) is 11.0. The third-order valence-electron chi connectivity index (χ3n) is 8.60. The minimum Gasteiger partial charge on any atom is -0.456 e. The van der Waals surface area contributed by atoms with Crippen molar-refractivity contribution >= 4 is 86.2 Å². The standard InChI is InChI=1S/C38H21N3OS/c1-2-11-23-21-30-28(20-22(23)10-1)24-12-3-6-16-29(24)41(30)38-36-35(26-14-5-8-19-33(26)43-36)39-37(40-38)27-15-9-18-32-34(27)25-13-4-7-17-31(25)42-32/h1-21H. The van der Waals surface area contributed by atoms with Gasteiger partial charge >= 0.3 is 0 Å². The normalized spacial score (nSPS) is 12.2. The maximum absolute atomic E-state index is 6.26. The van der Waals surface area contributed by atoms with E-state index in [0.717, 1.165) is 60.0 Å². The maximum atomic E-state index is 6.26. The summed E-state index contributed by atoms with van der Waals surface area (Å²) in [5.41, 5.74) is 5.90. The van der Waals surface area contributed by atoms with Crippen LogP contribution in [-0.4, -0.2) is 14.5 Å². The molecule has 0 unspecified atom stereocenters. The molecule has 6 aromatic carbocycles. The summed E-state index contributed by atoms with van der Waals surface area (Å²) in [4.78, 5) is 10.7. The van der Waals surface area contributed by atoms with Crippen molar-refractivity contribution in [1.82, 2.24) is 14.5 Å². The fraction of sp³-hybridized carbons (Fsp3) is 0. The number of fused-ring (bicyclic) bond motifs is 10. The SMILES string of the molecule is c1ccc2cc3c(cc2c1)c1ccccc1n3-c1nc(-c2cccc3oc4ccccc4c23)nc2c1sc1ccccc12. The Hall–Kier alpha value is -5.52. The Labute approximate surface area is 249 Å². The van der Waals surface area contributed by atoms with Crippen molar-refractivity contribution < 1.29 is 4.42 Å². The molecule has 0 N–H and O–H groups in total. The molecule has 43 heavy (non-hydrogen) atoms. The highest BCUT2D eigenvalue weighted by atomic mass is 32.1. The van der Waals surface area contributed by atoms with Gasteiger partial charge in [0.2, 0.25) is 0 Å². The molecular weight excluding hydrogens is 547 g/mol. The minimum absolute atomic E-state index is 0.690. The lowest BCUT2D eigenvalue weighted by molar-refractivity contribution is 0.669. The Morgan fingerprint density at radius 3 is 2.19 bits per heavy atom. The van der Waals surface area contributed by atoms with Gasteiger partial charge in [-0.15, -0.1) is 11.3 Å². The van der Waals surface area contributed by atoms with Gasteiger partial charge in [0, 0.05) is 37.2 Å². The van der Waals surface area contributed by atoms with Gasteiger partial charge in [0.25, 0.3) is 0 Å². The Kier molecular flexibility index (Phi) is 4.57. The number of hydrogen-bond donors (Lipinski definition) is 0. The van der Waals surface area contributed by atoms with Crippen molar-refractivity contribution in [2.45, 2.75) is 0 Å². The van der Waals surface area contributed by atoms with Crippen molar-refractivity contribution in [1.29, 1.82) is 0 Å². The van der Waals surface area contributed by atoms with Crippen molar-refractivity contribution in [2.24, 2.45) is 0 Å². The lowest BCUT2D eigenvalue weighted by Crippen LogP contribution is -2.01. The highest BCUT2D eigenvalue weighted by molar-refractivity contribution is 7.26. The second kappa shape index (κ2) is 8.51. The molecule has 0 saturated heterocycles. The van der Waals surface area contributed by atoms with Gasteiger partial charge < -0.3 is 4.42 Å². The number of nitrogens with zero attached hydrogens (tertiary/aromatic N) is 3. The molecule has 0 spiro atoms. The summed E-state index contributed by atoms with van der Waals surface area (Å²) in [7, 11) is 0. The molecule has 4 aromatic heterocycles. The number of rotatable bonds is 2. The third-order valence-corrected chi connectivity index (χ3v) is 9.75. The van der Waals surface area contributed by atoms with E-state index in [0.29, 0.717) is 5.82 Å². The molecule has 4 heterocycles. The average molecular weight is 568 g/mol. The smallest absolute Gasteiger partial charge is 0.163 e. The number of furan rings is 1. The summed E-state index contributed by atoms with van der Waals surface area (Å²) in [6.07, 6.45) is 0. The predicted molar refractivity (Wildman–Crippen MR) is 179 cm³/mol. The van der Waals surface area contributed by atoms with Gasteiger partial charge in [-0.25, -0.2) is 9.97 Å². The van der Waals surface area contributed by atoms with Crippen LogP contribution in [0.1, 0.15) is 0 Å². The summed E-state index contributed by atoms with van der Waals surface area (Å²) >= 11 is 1.75. The molecule has 0 radical (unpaired) electrons. The summed E-state index contributed by atoms with van der Waals surface area (Å²) < 4.78 is 10.9. The number of thiophene rings is 1. The molecule has 10 rings (SSSR count). The summed E-state index contributed by atoms with van der Waals surface area (Å²) in [5.74, 6) is 1.59. The van der Waals surface area contributed by atoms with E-state index in [1.54, 1.807) is 11.3 Å². The zero-order chi connectivity index (χ0) is 28.1. The Morgan fingerprint density at radius 2 is 1.28 bits per heavy atom. The van der Waals surface area contributed by atoms with Gasteiger partial charge in [-0.2, -0.15) is 0 Å². The van der Waals surface area contributed by atoms with Gasteiger partial charge in [0.05, 0.1) is 21.3 Å². The highest BCUT2D eigenvalue weighted by Crippen LogP contribution is 2.42. The molecule has 0 atom stereocenters. The Balaban J connectivity index is 1.39. The lowest BCUT2D eigenvalue weighted by Gasteiger charge is -2.11. The molecule has 5 heteroatoms. The third kappa shape index (κ3) is 3.20. The van der Waals surface area contributed by atoms with E-state index in [-0.39, 0.29) is 0 Å². The molecular formula is C38H21N3OS. The van der Waals surface area contributed by atoms with Crippen molar-refractivity contribution in [3.63, 3.8) is 0 Å². The lowest BCUT2D eigenvalue weighted by atomic mass is 10.1. The predicted octanol–water partition coefficient (Wildman–Crippen LogP) is 10.7. The first-order valence-corrected chi connectivity index (χ1v) is 15.2. The molecule has 0 fully saturated rings. The van der Waals surface area contributed by atoms with Crippen molar-refractivity contribution in [3.8, 4) is 17.2 Å². The molecule has 0 aliphatic rings. The first-order valence-electron chi connectivity index (χ1n) is 14.3. The van der Waals surface area contributed by atoms with Crippen LogP contribution in [0.4, 0.5) is 0 Å². The van der Waals surface area contributed by atoms with Crippen molar-refractivity contribution in [2.75, 3.05) is 0 Å². The van der Waals surface area contributed by atoms with Crippen molar-refractivity contribution in [3.05, 3.63) is 127 Å². The van der Waals surface area contributed by atoms with Crippen LogP contribution in [0.15, 0.2) is 132 Å². The van der Waals surface area contributed by atoms with Crippen LogP contribution in [-0.2, 0) is 0 Å². The molecule has 200 valence electrons. The minimum atomic E-state index is 0.690. The summed E-state index contributed by atoms with van der Waals surface area (Å²) in [5, 5.41) is 8.10. The topological polar surface area (TPSA) is 43.9 Å². The van der Waals surface area contributed by atoms with Crippen LogP contribution >= 0.6 is 11.3 Å². The first kappa shape index (κ1) is 23.1. The molecule has 0 bridgehead atoms. The number of aromatic nitrogens is 3. The fourth-order valence-electron chi connectivity index (χ4n) is 6.69. The fourth-order valence-corrected chi connectivity index (χ4v) is 7.81. The van der Waals surface area contributed by atoms with Gasteiger partial charge in [0.1, 0.15) is 11.2 Å². The monoisotopic (exact) mass is 567 g/mol. The number of hydrogen-bond acceptors (Lipinski definition) is 4. The van der Waals surface area contributed by atoms with E-state index in [9.17, 15) is 0 Å². The molecule has 10 aromatic rings. The van der Waals surface area contributed by atoms with Gasteiger partial charge in [-0.3, -0.25) is 4.57 Å². The number of para-hydroxylation sites is 2. The Morgan fingerprint density at radius 1 is 0.558 bits per heavy atom. The zero-order valence-electron chi connectivity index (χ0n) is 22.8. The van der Waals surface area contributed by atoms with Gasteiger partial charge in [-0.1, -0.05) is 91.0 Å². The molecule has 0 aliphatic heterocycles. The van der Waals surface area contributed by atoms with Gasteiger partial charge in [-0.05, 0) is 47.2 Å².